The summed E-state index contributed by atoms with van der Waals surface area (Å²) in [7, 11) is 0. The van der Waals surface area contributed by atoms with Crippen LogP contribution in [0.3, 0.4) is 0 Å². The molecule has 0 bridgehead atoms. The summed E-state index contributed by atoms with van der Waals surface area (Å²) < 4.78 is 20.5. The van der Waals surface area contributed by atoms with Crippen molar-refractivity contribution in [2.45, 2.75) is 59.0 Å². The van der Waals surface area contributed by atoms with Crippen LogP contribution in [0.15, 0.2) is 12.3 Å². The summed E-state index contributed by atoms with van der Waals surface area (Å²) in [5, 5.41) is 13.3. The number of hydrogen-bond donors (Lipinski definition) is 2. The molecule has 9 nitrogen and oxygen atoms in total. The van der Waals surface area contributed by atoms with E-state index in [-0.39, 0.29) is 35.7 Å². The number of phenols is 1. The predicted octanol–water partition coefficient (Wildman–Crippen LogP) is 5.02. The summed E-state index contributed by atoms with van der Waals surface area (Å²) in [5.74, 6) is -0.502. The number of aromatic nitrogens is 2. The number of hydrogen-bond acceptors (Lipinski definition) is 7. The Kier molecular flexibility index (Phi) is 8.35. The van der Waals surface area contributed by atoms with Gasteiger partial charge in [-0.2, -0.15) is 4.98 Å². The highest BCUT2D eigenvalue weighted by molar-refractivity contribution is 6.35. The second kappa shape index (κ2) is 11.5. The molecule has 11 heteroatoms. The maximum Gasteiger partial charge on any atom is 0.330 e. The van der Waals surface area contributed by atoms with Crippen molar-refractivity contribution in [2.24, 2.45) is 0 Å². The molecule has 2 aliphatic rings. The lowest BCUT2D eigenvalue weighted by Gasteiger charge is -2.37. The topological polar surface area (TPSA) is 94.1 Å². The van der Waals surface area contributed by atoms with E-state index in [0.717, 1.165) is 57.9 Å². The molecule has 4 rings (SSSR count). The van der Waals surface area contributed by atoms with E-state index >= 15 is 4.39 Å². The summed E-state index contributed by atoms with van der Waals surface area (Å²) >= 11 is 6.45. The van der Waals surface area contributed by atoms with E-state index < -0.39 is 17.6 Å². The van der Waals surface area contributed by atoms with Crippen LogP contribution in [0.5, 0.6) is 11.5 Å². The van der Waals surface area contributed by atoms with Crippen LogP contribution in [0.25, 0.3) is 0 Å². The van der Waals surface area contributed by atoms with E-state index in [1.165, 1.54) is 4.90 Å². The predicted molar refractivity (Wildman–Crippen MR) is 139 cm³/mol. The molecule has 2 heterocycles. The molecule has 2 aromatic rings. The second-order valence-electron chi connectivity index (χ2n) is 8.98. The molecule has 2 amide bonds. The van der Waals surface area contributed by atoms with Crippen LogP contribution in [0.1, 0.15) is 52.0 Å². The molecule has 1 aliphatic heterocycles. The zero-order chi connectivity index (χ0) is 25.8. The zero-order valence-corrected chi connectivity index (χ0v) is 21.8. The largest absolute Gasteiger partial charge is 0.505 e. The van der Waals surface area contributed by atoms with Gasteiger partial charge in [0.15, 0.2) is 11.6 Å². The fourth-order valence-electron chi connectivity index (χ4n) is 4.38. The molecule has 0 atom stereocenters. The Hall–Kier alpha value is -2.85. The number of benzene rings is 1. The molecular formula is C25H34ClFN6O3. The van der Waals surface area contributed by atoms with Crippen molar-refractivity contribution in [3.8, 4) is 11.5 Å². The van der Waals surface area contributed by atoms with Crippen molar-refractivity contribution in [3.05, 3.63) is 28.7 Å². The average Bonchev–Trinajstić information content (AvgIpc) is 3.70. The van der Waals surface area contributed by atoms with Gasteiger partial charge in [-0.3, -0.25) is 9.80 Å². The van der Waals surface area contributed by atoms with Crippen LogP contribution in [0.4, 0.5) is 26.6 Å². The number of phenolic OH excluding ortho intramolecular Hbond substituents is 1. The molecular weight excluding hydrogens is 487 g/mol. The van der Waals surface area contributed by atoms with Crippen LogP contribution >= 0.6 is 11.6 Å². The van der Waals surface area contributed by atoms with E-state index in [0.29, 0.717) is 17.3 Å². The Morgan fingerprint density at radius 1 is 1.28 bits per heavy atom. The van der Waals surface area contributed by atoms with E-state index in [9.17, 15) is 9.90 Å². The molecule has 0 unspecified atom stereocenters. The number of nitrogens with zero attached hydrogens (tertiary/aromatic N) is 5. The SMILES string of the molecule is CCOc1cc(O)c(F)c(N2Cc3cnc(NCCCCN(CC)CC)nc3N(C3CC3)C2=O)c1Cl. The quantitative estimate of drug-likeness (QED) is 0.380. The Morgan fingerprint density at radius 3 is 2.69 bits per heavy atom. The Bertz CT molecular complexity index is 1100. The van der Waals surface area contributed by atoms with Crippen molar-refractivity contribution < 1.29 is 19.0 Å². The van der Waals surface area contributed by atoms with Gasteiger partial charge in [0, 0.05) is 30.4 Å². The van der Waals surface area contributed by atoms with Crippen LogP contribution in [-0.4, -0.2) is 64.8 Å². The Morgan fingerprint density at radius 2 is 2.03 bits per heavy atom. The van der Waals surface area contributed by atoms with Gasteiger partial charge in [-0.1, -0.05) is 25.4 Å². The molecule has 0 spiro atoms. The van der Waals surface area contributed by atoms with Gasteiger partial charge in [0.1, 0.15) is 22.3 Å². The second-order valence-corrected chi connectivity index (χ2v) is 9.35. The third-order valence-electron chi connectivity index (χ3n) is 6.52. The first-order chi connectivity index (χ1) is 17.4. The highest BCUT2D eigenvalue weighted by Crippen LogP contribution is 2.45. The van der Waals surface area contributed by atoms with E-state index in [1.54, 1.807) is 18.0 Å². The Balaban J connectivity index is 1.55. The molecule has 2 N–H and O–H groups in total. The van der Waals surface area contributed by atoms with Crippen LogP contribution in [0.2, 0.25) is 5.02 Å². The normalized spacial score (nSPS) is 15.4. The summed E-state index contributed by atoms with van der Waals surface area (Å²) in [5.41, 5.74) is 0.460. The molecule has 1 aliphatic carbocycles. The van der Waals surface area contributed by atoms with Gasteiger partial charge in [-0.25, -0.2) is 14.2 Å². The monoisotopic (exact) mass is 520 g/mol. The molecule has 0 saturated heterocycles. The smallest absolute Gasteiger partial charge is 0.330 e. The summed E-state index contributed by atoms with van der Waals surface area (Å²) in [4.78, 5) is 27.9. The first-order valence-corrected chi connectivity index (χ1v) is 13.0. The maximum absolute atomic E-state index is 15.1. The fourth-order valence-corrected chi connectivity index (χ4v) is 4.68. The number of amides is 2. The van der Waals surface area contributed by atoms with Crippen molar-refractivity contribution in [1.29, 1.82) is 0 Å². The summed E-state index contributed by atoms with van der Waals surface area (Å²) in [6.45, 7) is 10.2. The molecule has 0 radical (unpaired) electrons. The molecule has 1 fully saturated rings. The number of nitrogens with one attached hydrogen (secondary N) is 1. The van der Waals surface area contributed by atoms with Gasteiger partial charge in [-0.15, -0.1) is 0 Å². The van der Waals surface area contributed by atoms with Gasteiger partial charge in [0.05, 0.1) is 13.2 Å². The minimum absolute atomic E-state index is 0.0210. The number of carbonyl (C=O) groups is 1. The first kappa shape index (κ1) is 26.2. The van der Waals surface area contributed by atoms with E-state index in [2.05, 4.69) is 34.0 Å². The first-order valence-electron chi connectivity index (χ1n) is 12.7. The molecule has 1 aromatic heterocycles. The van der Waals surface area contributed by atoms with E-state index in [4.69, 9.17) is 16.3 Å². The van der Waals surface area contributed by atoms with Crippen LogP contribution in [0, 0.1) is 5.82 Å². The number of aromatic hydroxyl groups is 1. The number of urea groups is 1. The van der Waals surface area contributed by atoms with Crippen molar-refractivity contribution in [3.63, 3.8) is 0 Å². The number of unbranched alkanes of at least 4 members (excludes halogenated alkanes) is 1. The molecule has 1 aromatic carbocycles. The number of rotatable bonds is 12. The lowest BCUT2D eigenvalue weighted by Crippen LogP contribution is -2.49. The zero-order valence-electron chi connectivity index (χ0n) is 21.1. The molecule has 1 saturated carbocycles. The lowest BCUT2D eigenvalue weighted by atomic mass is 10.1. The van der Waals surface area contributed by atoms with Gasteiger partial charge < -0.3 is 20.1 Å². The van der Waals surface area contributed by atoms with E-state index in [1.807, 2.05) is 0 Å². The highest BCUT2D eigenvalue weighted by Gasteiger charge is 2.43. The summed E-state index contributed by atoms with van der Waals surface area (Å²) in [6.07, 6.45) is 5.37. The van der Waals surface area contributed by atoms with Gasteiger partial charge in [0.2, 0.25) is 5.95 Å². The van der Waals surface area contributed by atoms with Crippen molar-refractivity contribution in [1.82, 2.24) is 14.9 Å². The number of carbonyl (C=O) groups excluding carboxylic acids is 1. The van der Waals surface area contributed by atoms with Crippen LogP contribution < -0.4 is 19.9 Å². The number of halogens is 2. The van der Waals surface area contributed by atoms with Crippen molar-refractivity contribution in [2.75, 3.05) is 47.9 Å². The van der Waals surface area contributed by atoms with Gasteiger partial charge in [-0.05, 0) is 52.2 Å². The van der Waals surface area contributed by atoms with Crippen LogP contribution in [-0.2, 0) is 6.54 Å². The van der Waals surface area contributed by atoms with Gasteiger partial charge >= 0.3 is 6.03 Å². The third-order valence-corrected chi connectivity index (χ3v) is 6.89. The Labute approximate surface area is 216 Å². The third kappa shape index (κ3) is 5.44. The average molecular weight is 521 g/mol. The number of anilines is 3. The minimum Gasteiger partial charge on any atom is -0.505 e. The number of ether oxygens (including phenoxy) is 1. The molecule has 196 valence electrons. The standard InChI is InChI=1S/C25H34ClFN6O3/c1-4-31(5-2)12-8-7-11-28-24-29-14-16-15-32(25(35)33(17-9-10-17)23(16)30-24)22-20(26)19(36-6-3)13-18(34)21(22)27/h13-14,17,34H,4-12,15H2,1-3H3,(H,28,29,30). The fraction of sp³-hybridized carbons (Fsp3) is 0.560. The maximum atomic E-state index is 15.1. The number of fused-ring (bicyclic) bond motifs is 1. The minimum atomic E-state index is -0.972. The molecule has 36 heavy (non-hydrogen) atoms. The highest BCUT2D eigenvalue weighted by atomic mass is 35.5. The van der Waals surface area contributed by atoms with Crippen molar-refractivity contribution >= 4 is 35.1 Å². The summed E-state index contributed by atoms with van der Waals surface area (Å²) in [6, 6.07) is 0.651. The van der Waals surface area contributed by atoms with Gasteiger partial charge in [0.25, 0.3) is 0 Å². The lowest BCUT2D eigenvalue weighted by molar-refractivity contribution is 0.249.